The lowest BCUT2D eigenvalue weighted by Gasteiger charge is -2.35. The van der Waals surface area contributed by atoms with Gasteiger partial charge in [0.05, 0.1) is 0 Å². The second-order valence-electron chi connectivity index (χ2n) is 8.84. The Hall–Kier alpha value is -1.96. The predicted octanol–water partition coefficient (Wildman–Crippen LogP) is 7.68. The topological polar surface area (TPSA) is 29.5 Å². The molecule has 154 valence electrons. The van der Waals surface area contributed by atoms with Gasteiger partial charge in [0.15, 0.2) is 0 Å². The second kappa shape index (κ2) is 10.5. The lowest BCUT2D eigenvalue weighted by molar-refractivity contribution is 0.0570. The monoisotopic (exact) mass is 382 g/mol. The first-order valence-corrected chi connectivity index (χ1v) is 10.7. The number of hydrogen-bond acceptors (Lipinski definition) is 2. The minimum Gasteiger partial charge on any atom is -0.508 e. The molecular formula is C26H38O2. The van der Waals surface area contributed by atoms with E-state index in [0.29, 0.717) is 5.75 Å². The van der Waals surface area contributed by atoms with Crippen LogP contribution in [0.5, 0.6) is 11.5 Å². The van der Waals surface area contributed by atoms with E-state index in [2.05, 4.69) is 52.8 Å². The molecule has 0 fully saturated rings. The van der Waals surface area contributed by atoms with Gasteiger partial charge in [-0.05, 0) is 110 Å². The molecule has 1 aromatic carbocycles. The molecule has 0 bridgehead atoms. The summed E-state index contributed by atoms with van der Waals surface area (Å²) < 4.78 is 6.27. The number of fused-ring (bicyclic) bond motifs is 1. The molecule has 1 aliphatic rings. The van der Waals surface area contributed by atoms with Gasteiger partial charge < -0.3 is 9.84 Å². The van der Waals surface area contributed by atoms with Crippen molar-refractivity contribution in [2.45, 2.75) is 91.6 Å². The highest BCUT2D eigenvalue weighted by Gasteiger charge is 2.30. The molecule has 2 nitrogen and oxygen atoms in total. The Morgan fingerprint density at radius 3 is 2.32 bits per heavy atom. The number of hydrogen-bond donors (Lipinski definition) is 1. The van der Waals surface area contributed by atoms with E-state index in [-0.39, 0.29) is 5.60 Å². The normalized spacial score (nSPS) is 19.8. The Labute approximate surface area is 172 Å². The van der Waals surface area contributed by atoms with Crippen molar-refractivity contribution in [1.82, 2.24) is 0 Å². The Morgan fingerprint density at radius 1 is 1.00 bits per heavy atom. The number of rotatable bonds is 9. The highest BCUT2D eigenvalue weighted by molar-refractivity contribution is 5.41. The van der Waals surface area contributed by atoms with Gasteiger partial charge in [-0.3, -0.25) is 0 Å². The number of aryl methyl sites for hydroxylation is 1. The fourth-order valence-electron chi connectivity index (χ4n) is 3.72. The maximum atomic E-state index is 9.62. The van der Waals surface area contributed by atoms with E-state index >= 15 is 0 Å². The first kappa shape index (κ1) is 22.3. The fraction of sp³-hybridized carbons (Fsp3) is 0.538. The quantitative estimate of drug-likeness (QED) is 0.444. The molecule has 28 heavy (non-hydrogen) atoms. The largest absolute Gasteiger partial charge is 0.508 e. The highest BCUT2D eigenvalue weighted by Crippen LogP contribution is 2.37. The summed E-state index contributed by atoms with van der Waals surface area (Å²) in [5.41, 5.74) is 5.39. The highest BCUT2D eigenvalue weighted by atomic mass is 16.5. The van der Waals surface area contributed by atoms with Crippen LogP contribution in [-0.2, 0) is 6.42 Å². The molecule has 1 aliphatic heterocycles. The van der Waals surface area contributed by atoms with E-state index in [1.165, 1.54) is 23.1 Å². The van der Waals surface area contributed by atoms with Gasteiger partial charge in [0.25, 0.3) is 0 Å². The summed E-state index contributed by atoms with van der Waals surface area (Å²) in [5, 5.41) is 9.62. The van der Waals surface area contributed by atoms with Crippen molar-refractivity contribution in [3.8, 4) is 11.5 Å². The Kier molecular flexibility index (Phi) is 8.41. The Balaban J connectivity index is 1.74. The zero-order valence-corrected chi connectivity index (χ0v) is 18.5. The van der Waals surface area contributed by atoms with Crippen LogP contribution in [0.15, 0.2) is 53.1 Å². The first-order chi connectivity index (χ1) is 13.3. The molecule has 2 heteroatoms. The van der Waals surface area contributed by atoms with E-state index in [1.807, 2.05) is 12.1 Å². The summed E-state index contributed by atoms with van der Waals surface area (Å²) in [4.78, 5) is 0. The van der Waals surface area contributed by atoms with Gasteiger partial charge in [0.1, 0.15) is 17.1 Å². The van der Waals surface area contributed by atoms with Crippen LogP contribution in [0.2, 0.25) is 0 Å². The zero-order chi connectivity index (χ0) is 20.6. The third kappa shape index (κ3) is 7.58. The lowest BCUT2D eigenvalue weighted by atomic mass is 9.88. The van der Waals surface area contributed by atoms with E-state index in [1.54, 1.807) is 6.07 Å². The molecule has 2 rings (SSSR count). The maximum Gasteiger partial charge on any atom is 0.123 e. The van der Waals surface area contributed by atoms with Crippen molar-refractivity contribution in [3.63, 3.8) is 0 Å². The molecule has 0 unspecified atom stereocenters. The molecule has 1 atom stereocenters. The van der Waals surface area contributed by atoms with E-state index < -0.39 is 0 Å². The summed E-state index contributed by atoms with van der Waals surface area (Å²) in [6.07, 6.45) is 15.8. The van der Waals surface area contributed by atoms with E-state index in [4.69, 9.17) is 4.74 Å². The number of benzene rings is 1. The number of phenols is 1. The molecule has 1 N–H and O–H groups in total. The molecule has 0 saturated heterocycles. The van der Waals surface area contributed by atoms with Crippen LogP contribution in [0.4, 0.5) is 0 Å². The average molecular weight is 383 g/mol. The van der Waals surface area contributed by atoms with E-state index in [0.717, 1.165) is 56.3 Å². The maximum absolute atomic E-state index is 9.62. The SMILES string of the molecule is CC(C)=CCC/C(C)=C/CC/C(C)=C/CC[C@@]1(C)CCc2cc(O)ccc2O1. The summed E-state index contributed by atoms with van der Waals surface area (Å²) in [6, 6.07) is 5.44. The minimum atomic E-state index is -0.109. The number of aromatic hydroxyl groups is 1. The second-order valence-corrected chi connectivity index (χ2v) is 8.84. The fourth-order valence-corrected chi connectivity index (χ4v) is 3.72. The average Bonchev–Trinajstić information content (AvgIpc) is 2.61. The molecule has 0 radical (unpaired) electrons. The van der Waals surface area contributed by atoms with Gasteiger partial charge in [-0.15, -0.1) is 0 Å². The van der Waals surface area contributed by atoms with Crippen LogP contribution in [0.3, 0.4) is 0 Å². The van der Waals surface area contributed by atoms with Crippen molar-refractivity contribution in [3.05, 3.63) is 58.7 Å². The molecule has 0 aromatic heterocycles. The number of ether oxygens (including phenoxy) is 1. The molecule has 0 aliphatic carbocycles. The van der Waals surface area contributed by atoms with Crippen LogP contribution in [0.1, 0.15) is 85.1 Å². The van der Waals surface area contributed by atoms with Gasteiger partial charge in [0, 0.05) is 0 Å². The van der Waals surface area contributed by atoms with Crippen molar-refractivity contribution >= 4 is 0 Å². The Morgan fingerprint density at radius 2 is 1.64 bits per heavy atom. The smallest absolute Gasteiger partial charge is 0.123 e. The summed E-state index contributed by atoms with van der Waals surface area (Å²) in [6.45, 7) is 11.0. The van der Waals surface area contributed by atoms with Gasteiger partial charge in [-0.25, -0.2) is 0 Å². The summed E-state index contributed by atoms with van der Waals surface area (Å²) in [5.74, 6) is 1.26. The first-order valence-electron chi connectivity index (χ1n) is 10.7. The third-order valence-corrected chi connectivity index (χ3v) is 5.61. The lowest BCUT2D eigenvalue weighted by Crippen LogP contribution is -2.36. The van der Waals surface area contributed by atoms with Gasteiger partial charge in [-0.2, -0.15) is 0 Å². The predicted molar refractivity (Wildman–Crippen MR) is 120 cm³/mol. The summed E-state index contributed by atoms with van der Waals surface area (Å²) >= 11 is 0. The standard InChI is InChI=1S/C26H38O2/c1-20(2)9-6-10-21(3)11-7-12-22(4)13-8-17-26(5)18-16-23-19-24(27)14-15-25(23)28-26/h9,11,13-15,19,27H,6-8,10,12,16-18H2,1-5H3/b21-11+,22-13+/t26-/m0/s1. The Bertz CT molecular complexity index is 735. The van der Waals surface area contributed by atoms with Crippen LogP contribution in [0.25, 0.3) is 0 Å². The van der Waals surface area contributed by atoms with Crippen LogP contribution < -0.4 is 4.74 Å². The molecule has 1 aromatic rings. The molecule has 0 saturated carbocycles. The van der Waals surface area contributed by atoms with Crippen molar-refractivity contribution in [2.24, 2.45) is 0 Å². The van der Waals surface area contributed by atoms with Gasteiger partial charge in [-0.1, -0.05) is 34.9 Å². The molecular weight excluding hydrogens is 344 g/mol. The van der Waals surface area contributed by atoms with Crippen molar-refractivity contribution in [2.75, 3.05) is 0 Å². The number of allylic oxidation sites excluding steroid dienone is 6. The molecule has 0 amide bonds. The minimum absolute atomic E-state index is 0.109. The number of phenolic OH excluding ortho intramolecular Hbond substituents is 1. The van der Waals surface area contributed by atoms with Crippen LogP contribution >= 0.6 is 0 Å². The van der Waals surface area contributed by atoms with Gasteiger partial charge in [0.2, 0.25) is 0 Å². The third-order valence-electron chi connectivity index (χ3n) is 5.61. The van der Waals surface area contributed by atoms with Crippen molar-refractivity contribution in [1.29, 1.82) is 0 Å². The van der Waals surface area contributed by atoms with Crippen molar-refractivity contribution < 1.29 is 9.84 Å². The van der Waals surface area contributed by atoms with Gasteiger partial charge >= 0.3 is 0 Å². The molecule has 1 heterocycles. The van der Waals surface area contributed by atoms with Crippen LogP contribution in [-0.4, -0.2) is 10.7 Å². The molecule has 0 spiro atoms. The zero-order valence-electron chi connectivity index (χ0n) is 18.5. The van der Waals surface area contributed by atoms with E-state index in [9.17, 15) is 5.11 Å². The van der Waals surface area contributed by atoms with Crippen LogP contribution in [0, 0.1) is 0 Å². The summed E-state index contributed by atoms with van der Waals surface area (Å²) in [7, 11) is 0.